The van der Waals surface area contributed by atoms with Crippen LogP contribution in [0.4, 0.5) is 20.6 Å². The second-order valence-corrected chi connectivity index (χ2v) is 6.37. The summed E-state index contributed by atoms with van der Waals surface area (Å²) in [5.41, 5.74) is -1.82. The van der Waals surface area contributed by atoms with E-state index in [0.29, 0.717) is 25.7 Å². The smallest absolute Gasteiger partial charge is 0.323 e. The Morgan fingerprint density at radius 2 is 1.93 bits per heavy atom. The molecule has 4 amide bonds. The lowest BCUT2D eigenvalue weighted by Crippen LogP contribution is -2.47. The predicted molar refractivity (Wildman–Crippen MR) is 94.5 cm³/mol. The number of halogens is 1. The summed E-state index contributed by atoms with van der Waals surface area (Å²) in [5, 5.41) is 15.6. The van der Waals surface area contributed by atoms with Crippen LogP contribution in [0, 0.1) is 15.9 Å². The van der Waals surface area contributed by atoms with E-state index in [2.05, 4.69) is 10.6 Å². The highest BCUT2D eigenvalue weighted by molar-refractivity contribution is 6.10. The number of rotatable bonds is 8. The molecule has 1 aliphatic rings. The quantitative estimate of drug-likeness (QED) is 0.408. The van der Waals surface area contributed by atoms with E-state index in [0.717, 1.165) is 23.1 Å². The number of hydrogen-bond donors (Lipinski definition) is 2. The van der Waals surface area contributed by atoms with Crippen LogP contribution in [0.3, 0.4) is 0 Å². The van der Waals surface area contributed by atoms with Gasteiger partial charge in [0.05, 0.1) is 10.6 Å². The largest absolute Gasteiger partial charge is 0.325 e. The van der Waals surface area contributed by atoms with E-state index in [1.807, 2.05) is 13.8 Å². The van der Waals surface area contributed by atoms with Crippen LogP contribution in [0.15, 0.2) is 18.2 Å². The minimum Gasteiger partial charge on any atom is -0.323 e. The van der Waals surface area contributed by atoms with Crippen LogP contribution in [-0.2, 0) is 9.59 Å². The molecule has 0 atom stereocenters. The van der Waals surface area contributed by atoms with Crippen molar-refractivity contribution in [2.45, 2.75) is 45.1 Å². The molecule has 0 unspecified atom stereocenters. The second kappa shape index (κ2) is 8.11. The molecule has 2 N–H and O–H groups in total. The molecule has 1 heterocycles. The summed E-state index contributed by atoms with van der Waals surface area (Å²) >= 11 is 0. The summed E-state index contributed by atoms with van der Waals surface area (Å²) in [6, 6.07) is 2.01. The normalized spacial score (nSPS) is 15.6. The van der Waals surface area contributed by atoms with Gasteiger partial charge in [-0.15, -0.1) is 0 Å². The summed E-state index contributed by atoms with van der Waals surface area (Å²) < 4.78 is 13.8. The minimum atomic E-state index is -1.03. The van der Waals surface area contributed by atoms with Crippen molar-refractivity contribution in [2.24, 2.45) is 0 Å². The Morgan fingerprint density at radius 1 is 1.30 bits per heavy atom. The number of benzene rings is 1. The van der Waals surface area contributed by atoms with Crippen LogP contribution >= 0.6 is 0 Å². The molecule has 0 radical (unpaired) electrons. The van der Waals surface area contributed by atoms with Crippen molar-refractivity contribution in [2.75, 3.05) is 11.9 Å². The number of non-ortho nitro benzene ring substituents is 1. The molecule has 1 aromatic rings. The fraction of sp³-hybridized carbons (Fsp3) is 0.471. The van der Waals surface area contributed by atoms with Gasteiger partial charge in [0.25, 0.3) is 11.6 Å². The molecule has 9 nitrogen and oxygen atoms in total. The Hall–Kier alpha value is -3.04. The number of carbonyl (C=O) groups excluding carboxylic acids is 3. The maximum absolute atomic E-state index is 13.8. The van der Waals surface area contributed by atoms with Gasteiger partial charge in [0.2, 0.25) is 5.91 Å². The molecular formula is C17H21FN4O5. The first-order valence-corrected chi connectivity index (χ1v) is 8.62. The van der Waals surface area contributed by atoms with Gasteiger partial charge in [-0.2, -0.15) is 0 Å². The molecule has 1 aliphatic heterocycles. The van der Waals surface area contributed by atoms with Crippen molar-refractivity contribution in [1.29, 1.82) is 0 Å². The Morgan fingerprint density at radius 3 is 2.48 bits per heavy atom. The summed E-state index contributed by atoms with van der Waals surface area (Å²) in [4.78, 5) is 47.9. The molecule has 0 aliphatic carbocycles. The zero-order valence-corrected chi connectivity index (χ0v) is 15.1. The maximum atomic E-state index is 13.8. The first-order valence-electron chi connectivity index (χ1n) is 8.62. The Kier molecular flexibility index (Phi) is 6.09. The van der Waals surface area contributed by atoms with Crippen molar-refractivity contribution in [3.8, 4) is 0 Å². The summed E-state index contributed by atoms with van der Waals surface area (Å²) in [7, 11) is 0. The lowest BCUT2D eigenvalue weighted by atomic mass is 9.88. The fourth-order valence-corrected chi connectivity index (χ4v) is 3.19. The van der Waals surface area contributed by atoms with E-state index in [9.17, 15) is 28.9 Å². The van der Waals surface area contributed by atoms with Crippen molar-refractivity contribution in [1.82, 2.24) is 10.2 Å². The molecule has 146 valence electrons. The van der Waals surface area contributed by atoms with Gasteiger partial charge in [-0.3, -0.25) is 24.6 Å². The number of hydrogen-bond acceptors (Lipinski definition) is 5. The number of nitro benzene ring substituents is 1. The van der Waals surface area contributed by atoms with Crippen molar-refractivity contribution in [3.05, 3.63) is 34.1 Å². The summed E-state index contributed by atoms with van der Waals surface area (Å²) in [5.74, 6) is -2.19. The number of amides is 4. The summed E-state index contributed by atoms with van der Waals surface area (Å²) in [6.45, 7) is 3.16. The second-order valence-electron chi connectivity index (χ2n) is 6.37. The monoisotopic (exact) mass is 380 g/mol. The number of nitro groups is 1. The number of anilines is 1. The maximum Gasteiger partial charge on any atom is 0.325 e. The van der Waals surface area contributed by atoms with Crippen molar-refractivity contribution < 1.29 is 23.7 Å². The van der Waals surface area contributed by atoms with Crippen LogP contribution in [0.5, 0.6) is 0 Å². The zero-order valence-electron chi connectivity index (χ0n) is 15.1. The van der Waals surface area contributed by atoms with Crippen LogP contribution in [-0.4, -0.2) is 39.8 Å². The number of nitrogens with one attached hydrogen (secondary N) is 2. The Labute approximate surface area is 155 Å². The molecule has 1 aromatic carbocycles. The van der Waals surface area contributed by atoms with Crippen LogP contribution in [0.25, 0.3) is 0 Å². The van der Waals surface area contributed by atoms with E-state index < -0.39 is 52.0 Å². The van der Waals surface area contributed by atoms with E-state index in [-0.39, 0.29) is 0 Å². The van der Waals surface area contributed by atoms with Crippen molar-refractivity contribution in [3.63, 3.8) is 0 Å². The first-order chi connectivity index (χ1) is 12.7. The lowest BCUT2D eigenvalue weighted by molar-refractivity contribution is -0.384. The lowest BCUT2D eigenvalue weighted by Gasteiger charge is -2.25. The van der Waals surface area contributed by atoms with Gasteiger partial charge in [0.15, 0.2) is 0 Å². The highest BCUT2D eigenvalue weighted by Crippen LogP contribution is 2.28. The zero-order chi connectivity index (χ0) is 20.2. The molecule has 1 saturated heterocycles. The van der Waals surface area contributed by atoms with E-state index in [1.165, 1.54) is 0 Å². The van der Waals surface area contributed by atoms with Gasteiger partial charge in [0.1, 0.15) is 17.9 Å². The number of nitrogens with zero attached hydrogens (tertiary/aromatic N) is 2. The predicted octanol–water partition coefficient (Wildman–Crippen LogP) is 2.56. The molecule has 0 aromatic heterocycles. The third kappa shape index (κ3) is 4.21. The van der Waals surface area contributed by atoms with Gasteiger partial charge in [-0.05, 0) is 18.9 Å². The molecule has 0 bridgehead atoms. The SMILES string of the molecule is CCCC1(CCC)NC(=O)N(CC(=O)Nc2cc([N+](=O)[O-])ccc2F)C1=O. The van der Waals surface area contributed by atoms with Crippen LogP contribution in [0.2, 0.25) is 0 Å². The van der Waals surface area contributed by atoms with E-state index >= 15 is 0 Å². The van der Waals surface area contributed by atoms with Crippen molar-refractivity contribution >= 4 is 29.2 Å². The average molecular weight is 380 g/mol. The first kappa shape index (κ1) is 20.3. The van der Waals surface area contributed by atoms with Gasteiger partial charge in [-0.1, -0.05) is 26.7 Å². The highest BCUT2D eigenvalue weighted by Gasteiger charge is 2.50. The van der Waals surface area contributed by atoms with E-state index in [4.69, 9.17) is 0 Å². The molecule has 10 heteroatoms. The molecule has 2 rings (SSSR count). The molecule has 1 fully saturated rings. The number of urea groups is 1. The van der Waals surface area contributed by atoms with E-state index in [1.54, 1.807) is 0 Å². The van der Waals surface area contributed by atoms with Gasteiger partial charge < -0.3 is 10.6 Å². The highest BCUT2D eigenvalue weighted by atomic mass is 19.1. The third-order valence-electron chi connectivity index (χ3n) is 4.34. The molecule has 0 spiro atoms. The molecule has 27 heavy (non-hydrogen) atoms. The minimum absolute atomic E-state index is 0.394. The Balaban J connectivity index is 2.14. The van der Waals surface area contributed by atoms with Gasteiger partial charge >= 0.3 is 6.03 Å². The average Bonchev–Trinajstić information content (AvgIpc) is 2.81. The molecule has 0 saturated carbocycles. The topological polar surface area (TPSA) is 122 Å². The van der Waals surface area contributed by atoms with Gasteiger partial charge in [0, 0.05) is 12.1 Å². The summed E-state index contributed by atoms with van der Waals surface area (Å²) in [6.07, 6.45) is 2.24. The van der Waals surface area contributed by atoms with Crippen LogP contribution < -0.4 is 10.6 Å². The standard InChI is InChI=1S/C17H21FN4O5/c1-3-7-17(8-4-2)15(24)21(16(25)20-17)10-14(23)19-13-9-11(22(26)27)5-6-12(13)18/h5-6,9H,3-4,7-8,10H2,1-2H3,(H,19,23)(H,20,25). The number of carbonyl (C=O) groups is 3. The van der Waals surface area contributed by atoms with Gasteiger partial charge in [-0.25, -0.2) is 9.18 Å². The van der Waals surface area contributed by atoms with Crippen LogP contribution in [0.1, 0.15) is 39.5 Å². The third-order valence-corrected chi connectivity index (χ3v) is 4.34. The number of imide groups is 1. The Bertz CT molecular complexity index is 777. The fourth-order valence-electron chi connectivity index (χ4n) is 3.19. The molecular weight excluding hydrogens is 359 g/mol.